The molecule has 21 heteroatoms. The van der Waals surface area contributed by atoms with Gasteiger partial charge in [0.25, 0.3) is 5.91 Å². The number of nitrogens with one attached hydrogen (secondary N) is 3. The minimum atomic E-state index is -1.31. The molecule has 0 radical (unpaired) electrons. The van der Waals surface area contributed by atoms with E-state index in [1.807, 2.05) is 6.92 Å². The molecule has 4 aromatic heterocycles. The predicted molar refractivity (Wildman–Crippen MR) is 199 cm³/mol. The number of aromatic nitrogens is 4. The van der Waals surface area contributed by atoms with Crippen molar-refractivity contribution in [2.75, 3.05) is 5.75 Å². The Morgan fingerprint density at radius 2 is 1.71 bits per heavy atom. The van der Waals surface area contributed by atoms with Crippen LogP contribution in [0.2, 0.25) is 0 Å². The zero-order chi connectivity index (χ0) is 39.8. The van der Waals surface area contributed by atoms with Crippen LogP contribution in [0.1, 0.15) is 78.1 Å². The van der Waals surface area contributed by atoms with Gasteiger partial charge in [0, 0.05) is 21.6 Å². The average molecular weight is 793 g/mol. The van der Waals surface area contributed by atoms with Gasteiger partial charge in [-0.3, -0.25) is 14.4 Å². The van der Waals surface area contributed by atoms with Crippen molar-refractivity contribution in [3.05, 3.63) is 81.0 Å². The third-order valence-corrected chi connectivity index (χ3v) is 9.60. The summed E-state index contributed by atoms with van der Waals surface area (Å²) in [6.07, 6.45) is 1.31. The number of carboxylic acids is 1. The molecule has 3 amide bonds. The van der Waals surface area contributed by atoms with Crippen LogP contribution in [0.5, 0.6) is 0 Å². The van der Waals surface area contributed by atoms with E-state index in [1.165, 1.54) is 25.2 Å². The number of carbonyl (C=O) groups is 4. The first kappa shape index (κ1) is 40.2. The van der Waals surface area contributed by atoms with Crippen LogP contribution in [-0.4, -0.2) is 77.8 Å². The molecule has 0 aliphatic carbocycles. The molecule has 0 spiro atoms. The quantitative estimate of drug-likeness (QED) is 0.0314. The van der Waals surface area contributed by atoms with E-state index in [0.717, 1.165) is 12.5 Å². The van der Waals surface area contributed by atoms with Gasteiger partial charge in [-0.25, -0.2) is 24.7 Å². The van der Waals surface area contributed by atoms with Crippen molar-refractivity contribution in [2.45, 2.75) is 64.4 Å². The Kier molecular flexibility index (Phi) is 13.1. The number of azide groups is 1. The number of hydrogen-bond acceptors (Lipinski definition) is 15. The molecule has 4 heterocycles. The summed E-state index contributed by atoms with van der Waals surface area (Å²) in [5, 5.41) is 33.4. The molecule has 0 aliphatic rings. The molecule has 19 nitrogen and oxygen atoms in total. The molecule has 1 unspecified atom stereocenters. The smallest absolute Gasteiger partial charge is 0.357 e. The maximum absolute atomic E-state index is 13.9. The highest BCUT2D eigenvalue weighted by Gasteiger charge is 2.33. The van der Waals surface area contributed by atoms with E-state index in [1.54, 1.807) is 42.6 Å². The van der Waals surface area contributed by atoms with E-state index in [0.29, 0.717) is 22.7 Å². The minimum Gasteiger partial charge on any atom is -0.476 e. The predicted octanol–water partition coefficient (Wildman–Crippen LogP) is 4.98. The molecule has 5 rings (SSSR count). The van der Waals surface area contributed by atoms with Crippen molar-refractivity contribution < 1.29 is 42.6 Å². The van der Waals surface area contributed by atoms with Gasteiger partial charge in [0.1, 0.15) is 41.4 Å². The third kappa shape index (κ3) is 9.38. The zero-order valence-corrected chi connectivity index (χ0v) is 31.4. The summed E-state index contributed by atoms with van der Waals surface area (Å²) in [6.45, 7) is 6.40. The van der Waals surface area contributed by atoms with E-state index < -0.39 is 59.9 Å². The number of aliphatic hydroxyl groups excluding tert-OH is 1. The van der Waals surface area contributed by atoms with Crippen LogP contribution in [0.3, 0.4) is 0 Å². The molecule has 0 saturated heterocycles. The van der Waals surface area contributed by atoms with Gasteiger partial charge in [0.15, 0.2) is 22.8 Å². The molecule has 5 N–H and O–H groups in total. The Bertz CT molecular complexity index is 2190. The summed E-state index contributed by atoms with van der Waals surface area (Å²) >= 11 is 5.45. The van der Waals surface area contributed by atoms with Gasteiger partial charge in [-0.15, -0.1) is 11.3 Å². The van der Waals surface area contributed by atoms with Crippen LogP contribution in [0.15, 0.2) is 66.6 Å². The Hall–Kier alpha value is -6.02. The van der Waals surface area contributed by atoms with Gasteiger partial charge in [-0.2, -0.15) is 12.6 Å². The molecule has 288 valence electrons. The second kappa shape index (κ2) is 17.9. The van der Waals surface area contributed by atoms with Crippen molar-refractivity contribution in [3.8, 4) is 34.5 Å². The molecule has 55 heavy (non-hydrogen) atoms. The second-order valence-corrected chi connectivity index (χ2v) is 13.5. The number of thiazole rings is 1. The van der Waals surface area contributed by atoms with Crippen LogP contribution in [0.25, 0.3) is 44.9 Å². The number of aliphatic hydroxyl groups is 1. The lowest BCUT2D eigenvalue weighted by atomic mass is 9.97. The van der Waals surface area contributed by atoms with Crippen LogP contribution in [-0.2, 0) is 9.59 Å². The normalized spacial score (nSPS) is 14.4. The number of aromatic carboxylic acids is 1. The van der Waals surface area contributed by atoms with Crippen molar-refractivity contribution in [1.82, 2.24) is 35.9 Å². The number of carbonyl (C=O) groups excluding carboxylic acids is 3. The summed E-state index contributed by atoms with van der Waals surface area (Å²) in [6, 6.07) is 4.68. The van der Waals surface area contributed by atoms with Crippen molar-refractivity contribution in [2.24, 2.45) is 11.0 Å². The fourth-order valence-electron chi connectivity index (χ4n) is 5.10. The lowest BCUT2D eigenvalue weighted by Gasteiger charge is -2.26. The van der Waals surface area contributed by atoms with Gasteiger partial charge in [-0.1, -0.05) is 55.7 Å². The van der Waals surface area contributed by atoms with E-state index in [2.05, 4.69) is 58.5 Å². The standard InChI is InChI=1S/C34H36N10O9S2/c1-5-15(2)23(28(47)36-16(3)27(46)41-24(17(4)45)32-37-19(11-52-32)30-38-20(12-51-30)34(49)50)40-29(48)25-26(18-9-7-6-8-10-18)53-31(42-25)22-14-55-33(39-22)21(13-54)43-44-35/h6-12,14-17,21,23-24,45,54H,5,13H2,1-4H3,(H,36,47)(H,40,48)(H,41,46)(H,49,50)/t15-,16-,17+,21-,23+,24?/m0/s1. The third-order valence-electron chi connectivity index (χ3n) is 8.31. The number of carboxylic acid groups (broad SMARTS) is 1. The monoisotopic (exact) mass is 792 g/mol. The van der Waals surface area contributed by atoms with E-state index >= 15 is 0 Å². The Morgan fingerprint density at radius 1 is 0.964 bits per heavy atom. The number of nitrogens with zero attached hydrogens (tertiary/aromatic N) is 7. The van der Waals surface area contributed by atoms with E-state index in [-0.39, 0.29) is 46.3 Å². The van der Waals surface area contributed by atoms with Crippen molar-refractivity contribution >= 4 is 47.7 Å². The fraction of sp³-hybridized carbons (Fsp3) is 0.353. The largest absolute Gasteiger partial charge is 0.476 e. The summed E-state index contributed by atoms with van der Waals surface area (Å²) in [5.41, 5.74) is 9.31. The van der Waals surface area contributed by atoms with Gasteiger partial charge in [0.05, 0.1) is 12.1 Å². The second-order valence-electron chi connectivity index (χ2n) is 12.2. The van der Waals surface area contributed by atoms with Gasteiger partial charge in [0.2, 0.25) is 29.5 Å². The molecule has 0 aliphatic heterocycles. The van der Waals surface area contributed by atoms with Gasteiger partial charge >= 0.3 is 5.97 Å². The molecular weight excluding hydrogens is 757 g/mol. The highest BCUT2D eigenvalue weighted by molar-refractivity contribution is 7.80. The van der Waals surface area contributed by atoms with Crippen LogP contribution < -0.4 is 16.0 Å². The Labute approximate surface area is 322 Å². The first-order chi connectivity index (χ1) is 26.3. The van der Waals surface area contributed by atoms with E-state index in [9.17, 15) is 24.3 Å². The maximum atomic E-state index is 13.9. The highest BCUT2D eigenvalue weighted by Crippen LogP contribution is 2.33. The maximum Gasteiger partial charge on any atom is 0.357 e. The lowest BCUT2D eigenvalue weighted by molar-refractivity contribution is -0.131. The topological polar surface area (TPSA) is 285 Å². The number of hydrogen-bond donors (Lipinski definition) is 6. The summed E-state index contributed by atoms with van der Waals surface area (Å²) in [5.74, 6) is -3.73. The molecule has 0 saturated carbocycles. The molecule has 6 atom stereocenters. The zero-order valence-electron chi connectivity index (χ0n) is 29.7. The number of amides is 3. The number of thiol groups is 1. The lowest BCUT2D eigenvalue weighted by Crippen LogP contribution is -2.55. The molecular formula is C34H36N10O9S2. The number of rotatable bonds is 17. The molecule has 1 aromatic carbocycles. The first-order valence-electron chi connectivity index (χ1n) is 16.8. The van der Waals surface area contributed by atoms with Crippen LogP contribution in [0, 0.1) is 5.92 Å². The fourth-order valence-corrected chi connectivity index (χ4v) is 6.29. The Balaban J connectivity index is 1.32. The molecule has 0 fully saturated rings. The van der Waals surface area contributed by atoms with Gasteiger partial charge in [-0.05, 0) is 25.3 Å². The van der Waals surface area contributed by atoms with Crippen molar-refractivity contribution in [1.29, 1.82) is 0 Å². The van der Waals surface area contributed by atoms with E-state index in [4.69, 9.17) is 23.9 Å². The molecule has 5 aromatic rings. The number of benzene rings is 1. The Morgan fingerprint density at radius 3 is 2.35 bits per heavy atom. The van der Waals surface area contributed by atoms with Crippen molar-refractivity contribution in [3.63, 3.8) is 0 Å². The number of oxazole rings is 3. The summed E-state index contributed by atoms with van der Waals surface area (Å²) in [7, 11) is 0. The minimum absolute atomic E-state index is 0.0225. The van der Waals surface area contributed by atoms with Crippen LogP contribution >= 0.6 is 24.0 Å². The SMILES string of the molecule is CC[C@H](C)[C@@H](NC(=O)c1nc(-c2csc([C@H](CS)N=[N+]=[N-])n2)oc1-c1ccccc1)C(=O)N[C@@H](C)C(=O)NC(c1nc(-c2nc(C(=O)O)co2)co1)[C@@H](C)O. The van der Waals surface area contributed by atoms with Gasteiger partial charge < -0.3 is 39.4 Å². The summed E-state index contributed by atoms with van der Waals surface area (Å²) in [4.78, 5) is 71.9. The summed E-state index contributed by atoms with van der Waals surface area (Å²) < 4.78 is 16.7. The molecule has 0 bridgehead atoms. The average Bonchev–Trinajstić information content (AvgIpc) is 4.01. The highest BCUT2D eigenvalue weighted by atomic mass is 32.1. The first-order valence-corrected chi connectivity index (χ1v) is 18.3. The van der Waals surface area contributed by atoms with Crippen LogP contribution in [0.4, 0.5) is 0 Å².